The maximum atomic E-state index is 12.4. The smallest absolute Gasteiger partial charge is 0.344 e. The second-order valence-corrected chi connectivity index (χ2v) is 6.53. The Morgan fingerprint density at radius 1 is 1.31 bits per heavy atom. The number of anilines is 1. The van der Waals surface area contributed by atoms with E-state index in [2.05, 4.69) is 16.5 Å². The fraction of sp³-hybridized carbons (Fsp3) is 0.300. The van der Waals surface area contributed by atoms with Crippen molar-refractivity contribution in [2.24, 2.45) is 0 Å². The third kappa shape index (κ3) is 3.91. The minimum absolute atomic E-state index is 0.198. The van der Waals surface area contributed by atoms with Gasteiger partial charge in [-0.2, -0.15) is 5.26 Å². The summed E-state index contributed by atoms with van der Waals surface area (Å²) < 4.78 is 17.2. The van der Waals surface area contributed by atoms with E-state index in [-0.39, 0.29) is 5.56 Å². The zero-order chi connectivity index (χ0) is 21.1. The molecule has 0 saturated carbocycles. The van der Waals surface area contributed by atoms with E-state index >= 15 is 0 Å². The van der Waals surface area contributed by atoms with Gasteiger partial charge in [-0.25, -0.2) is 4.79 Å². The van der Waals surface area contributed by atoms with Gasteiger partial charge in [0.05, 0.1) is 24.1 Å². The van der Waals surface area contributed by atoms with Crippen LogP contribution in [0.25, 0.3) is 0 Å². The van der Waals surface area contributed by atoms with Gasteiger partial charge in [0.1, 0.15) is 29.0 Å². The van der Waals surface area contributed by atoms with Crippen LogP contribution < -0.4 is 5.32 Å². The molecule has 9 heteroatoms. The maximum absolute atomic E-state index is 12.4. The highest BCUT2D eigenvalue weighted by molar-refractivity contribution is 5.96. The van der Waals surface area contributed by atoms with Gasteiger partial charge in [0.2, 0.25) is 0 Å². The maximum Gasteiger partial charge on any atom is 0.344 e. The lowest BCUT2D eigenvalue weighted by atomic mass is 10.2. The molecule has 3 heterocycles. The molecular weight excluding hydrogens is 376 g/mol. The van der Waals surface area contributed by atoms with Crippen molar-refractivity contribution in [2.45, 2.75) is 34.2 Å². The van der Waals surface area contributed by atoms with Gasteiger partial charge in [0.25, 0.3) is 5.91 Å². The van der Waals surface area contributed by atoms with Crippen LogP contribution >= 0.6 is 0 Å². The number of nitriles is 1. The Balaban J connectivity index is 1.77. The largest absolute Gasteiger partial charge is 0.467 e. The Morgan fingerprint density at radius 3 is 2.66 bits per heavy atom. The van der Waals surface area contributed by atoms with Crippen LogP contribution in [0.2, 0.25) is 0 Å². The Morgan fingerprint density at radius 2 is 2.07 bits per heavy atom. The fourth-order valence-electron chi connectivity index (χ4n) is 3.03. The second kappa shape index (κ2) is 8.06. The number of hydrogen-bond acceptors (Lipinski definition) is 7. The number of carbonyl (C=O) groups is 2. The SMILES string of the molecule is Cc1noc(C)c1C(=O)OCC(=O)Nc1c(C#N)c(C)c(C)n1Cc1ccco1. The highest BCUT2D eigenvalue weighted by Crippen LogP contribution is 2.27. The van der Waals surface area contributed by atoms with Crippen LogP contribution in [0.1, 0.15) is 44.4 Å². The number of rotatable bonds is 6. The second-order valence-electron chi connectivity index (χ2n) is 6.53. The van der Waals surface area contributed by atoms with Crippen LogP contribution in [-0.4, -0.2) is 28.2 Å². The molecule has 1 N–H and O–H groups in total. The molecule has 3 aromatic heterocycles. The number of ether oxygens (including phenoxy) is 1. The van der Waals surface area contributed by atoms with Gasteiger partial charge >= 0.3 is 5.97 Å². The lowest BCUT2D eigenvalue weighted by Gasteiger charge is -2.12. The van der Waals surface area contributed by atoms with Crippen LogP contribution in [0.5, 0.6) is 0 Å². The predicted molar refractivity (Wildman–Crippen MR) is 101 cm³/mol. The number of esters is 1. The van der Waals surface area contributed by atoms with E-state index in [0.717, 1.165) is 11.3 Å². The van der Waals surface area contributed by atoms with E-state index in [1.807, 2.05) is 6.92 Å². The highest BCUT2D eigenvalue weighted by Gasteiger charge is 2.23. The summed E-state index contributed by atoms with van der Waals surface area (Å²) in [6.45, 7) is 6.68. The summed E-state index contributed by atoms with van der Waals surface area (Å²) in [4.78, 5) is 24.6. The Bertz CT molecular complexity index is 1080. The number of nitrogens with one attached hydrogen (secondary N) is 1. The average Bonchev–Trinajstić information content (AvgIpc) is 3.37. The summed E-state index contributed by atoms with van der Waals surface area (Å²) in [5.74, 6) is 0.0542. The number of nitrogens with zero attached hydrogens (tertiary/aromatic N) is 3. The third-order valence-electron chi connectivity index (χ3n) is 4.66. The number of aromatic nitrogens is 2. The molecule has 0 fully saturated rings. The summed E-state index contributed by atoms with van der Waals surface area (Å²) in [6.07, 6.45) is 1.55. The first-order valence-corrected chi connectivity index (χ1v) is 8.85. The molecule has 0 aromatic carbocycles. The van der Waals surface area contributed by atoms with E-state index in [4.69, 9.17) is 13.7 Å². The monoisotopic (exact) mass is 396 g/mol. The van der Waals surface area contributed by atoms with E-state index in [9.17, 15) is 14.9 Å². The molecule has 0 spiro atoms. The van der Waals surface area contributed by atoms with Gasteiger partial charge in [0, 0.05) is 5.69 Å². The van der Waals surface area contributed by atoms with Crippen molar-refractivity contribution in [2.75, 3.05) is 11.9 Å². The lowest BCUT2D eigenvalue weighted by Crippen LogP contribution is -2.23. The van der Waals surface area contributed by atoms with Crippen LogP contribution in [0, 0.1) is 39.0 Å². The lowest BCUT2D eigenvalue weighted by molar-refractivity contribution is -0.119. The zero-order valence-corrected chi connectivity index (χ0v) is 16.5. The average molecular weight is 396 g/mol. The molecule has 0 aliphatic rings. The van der Waals surface area contributed by atoms with Crippen molar-refractivity contribution >= 4 is 17.7 Å². The summed E-state index contributed by atoms with van der Waals surface area (Å²) in [6, 6.07) is 5.68. The number of carbonyl (C=O) groups excluding carboxylic acids is 2. The number of amides is 1. The Hall–Kier alpha value is -3.80. The van der Waals surface area contributed by atoms with Crippen LogP contribution in [0.15, 0.2) is 27.3 Å². The summed E-state index contributed by atoms with van der Waals surface area (Å²) in [5, 5.41) is 15.9. The highest BCUT2D eigenvalue weighted by atomic mass is 16.5. The molecule has 1 amide bonds. The number of furan rings is 1. The quantitative estimate of drug-likeness (QED) is 0.635. The fourth-order valence-corrected chi connectivity index (χ4v) is 3.03. The third-order valence-corrected chi connectivity index (χ3v) is 4.66. The van der Waals surface area contributed by atoms with Crippen molar-refractivity contribution in [1.82, 2.24) is 9.72 Å². The van der Waals surface area contributed by atoms with E-state index in [1.165, 1.54) is 0 Å². The van der Waals surface area contributed by atoms with Crippen molar-refractivity contribution in [3.8, 4) is 6.07 Å². The van der Waals surface area contributed by atoms with Gasteiger partial charge in [-0.05, 0) is 45.4 Å². The Kier molecular flexibility index (Phi) is 5.54. The minimum atomic E-state index is -0.699. The summed E-state index contributed by atoms with van der Waals surface area (Å²) in [7, 11) is 0. The molecule has 0 aliphatic heterocycles. The zero-order valence-electron chi connectivity index (χ0n) is 16.5. The number of hydrogen-bond donors (Lipinski definition) is 1. The molecule has 150 valence electrons. The summed E-state index contributed by atoms with van der Waals surface area (Å²) in [5.41, 5.74) is 2.50. The number of aryl methyl sites for hydroxylation is 2. The van der Waals surface area contributed by atoms with Crippen LogP contribution in [-0.2, 0) is 16.1 Å². The van der Waals surface area contributed by atoms with Gasteiger partial charge < -0.3 is 23.6 Å². The molecule has 3 aromatic rings. The molecule has 0 aliphatic carbocycles. The predicted octanol–water partition coefficient (Wildman–Crippen LogP) is 3.02. The molecule has 0 unspecified atom stereocenters. The minimum Gasteiger partial charge on any atom is -0.467 e. The van der Waals surface area contributed by atoms with Crippen molar-refractivity contribution < 1.29 is 23.3 Å². The van der Waals surface area contributed by atoms with Crippen LogP contribution in [0.3, 0.4) is 0 Å². The molecule has 0 saturated heterocycles. The topological polar surface area (TPSA) is 123 Å². The van der Waals surface area contributed by atoms with Crippen LogP contribution in [0.4, 0.5) is 5.82 Å². The molecule has 9 nitrogen and oxygen atoms in total. The van der Waals surface area contributed by atoms with Gasteiger partial charge in [-0.1, -0.05) is 5.16 Å². The molecule has 0 radical (unpaired) electrons. The standard InChI is InChI=1S/C20H20N4O5/c1-11-13(3)24(9-15-6-5-7-27-15)19(16(11)8-21)22-17(25)10-28-20(26)18-12(2)23-29-14(18)4/h5-7H,9-10H2,1-4H3,(H,22,25). The van der Waals surface area contributed by atoms with E-state index in [1.54, 1.807) is 43.7 Å². The molecule has 29 heavy (non-hydrogen) atoms. The van der Waals surface area contributed by atoms with Crippen molar-refractivity contribution in [1.29, 1.82) is 5.26 Å². The Labute approximate surface area is 166 Å². The molecule has 0 atom stereocenters. The van der Waals surface area contributed by atoms with Gasteiger partial charge in [-0.3, -0.25) is 4.79 Å². The summed E-state index contributed by atoms with van der Waals surface area (Å²) >= 11 is 0. The van der Waals surface area contributed by atoms with Crippen molar-refractivity contribution in [3.63, 3.8) is 0 Å². The van der Waals surface area contributed by atoms with Gasteiger partial charge in [-0.15, -0.1) is 0 Å². The van der Waals surface area contributed by atoms with Crippen molar-refractivity contribution in [3.05, 3.63) is 58.0 Å². The first-order chi connectivity index (χ1) is 13.8. The molecule has 3 rings (SSSR count). The van der Waals surface area contributed by atoms with Gasteiger partial charge in [0.15, 0.2) is 6.61 Å². The van der Waals surface area contributed by atoms with E-state index < -0.39 is 18.5 Å². The first-order valence-electron chi connectivity index (χ1n) is 8.85. The molecular formula is C20H20N4O5. The first kappa shape index (κ1) is 19.9. The van der Waals surface area contributed by atoms with E-state index in [0.29, 0.717) is 35.1 Å². The molecule has 0 bridgehead atoms. The normalized spacial score (nSPS) is 10.6.